The molecule has 0 radical (unpaired) electrons. The summed E-state index contributed by atoms with van der Waals surface area (Å²) in [6.45, 7) is 1.22. The van der Waals surface area contributed by atoms with Crippen molar-refractivity contribution in [3.63, 3.8) is 0 Å². The molecule has 2 aromatic carbocycles. The van der Waals surface area contributed by atoms with E-state index in [0.29, 0.717) is 19.2 Å². The van der Waals surface area contributed by atoms with Gasteiger partial charge in [-0.25, -0.2) is 4.39 Å². The Balaban J connectivity index is 1.56. The highest BCUT2D eigenvalue weighted by Gasteiger charge is 2.21. The van der Waals surface area contributed by atoms with Crippen molar-refractivity contribution in [3.05, 3.63) is 65.5 Å². The van der Waals surface area contributed by atoms with Gasteiger partial charge in [-0.2, -0.15) is 0 Å². The van der Waals surface area contributed by atoms with Gasteiger partial charge in [0.25, 0.3) is 0 Å². The zero-order valence-electron chi connectivity index (χ0n) is 13.7. The highest BCUT2D eigenvalue weighted by atomic mass is 19.1. The summed E-state index contributed by atoms with van der Waals surface area (Å²) in [6, 6.07) is 15.2. The van der Waals surface area contributed by atoms with E-state index in [9.17, 15) is 9.50 Å². The van der Waals surface area contributed by atoms with Gasteiger partial charge < -0.3 is 15.2 Å². The smallest absolute Gasteiger partial charge is 0.123 e. The lowest BCUT2D eigenvalue weighted by Gasteiger charge is -2.14. The van der Waals surface area contributed by atoms with Crippen molar-refractivity contribution in [3.8, 4) is 5.75 Å². The van der Waals surface area contributed by atoms with Gasteiger partial charge >= 0.3 is 0 Å². The third-order valence-corrected chi connectivity index (χ3v) is 4.47. The number of hydrogen-bond donors (Lipinski definition) is 2. The van der Waals surface area contributed by atoms with Gasteiger partial charge in [-0.3, -0.25) is 0 Å². The van der Waals surface area contributed by atoms with E-state index in [4.69, 9.17) is 4.74 Å². The third-order valence-electron chi connectivity index (χ3n) is 4.47. The minimum atomic E-state index is -0.248. The molecule has 3 rings (SSSR count). The van der Waals surface area contributed by atoms with Crippen molar-refractivity contribution in [1.82, 2.24) is 5.32 Å². The molecule has 1 saturated heterocycles. The lowest BCUT2D eigenvalue weighted by Crippen LogP contribution is -2.23. The van der Waals surface area contributed by atoms with Gasteiger partial charge in [0.1, 0.15) is 11.6 Å². The fourth-order valence-electron chi connectivity index (χ4n) is 3.14. The molecule has 4 heteroatoms. The number of aryl methyl sites for hydroxylation is 2. The van der Waals surface area contributed by atoms with E-state index in [-0.39, 0.29) is 11.9 Å². The van der Waals surface area contributed by atoms with Crippen LogP contribution in [0.15, 0.2) is 48.5 Å². The second kappa shape index (κ2) is 8.27. The first-order valence-corrected chi connectivity index (χ1v) is 8.57. The number of nitrogens with one attached hydrogen (secondary N) is 1. The Bertz CT molecular complexity index is 647. The molecule has 2 N–H and O–H groups in total. The van der Waals surface area contributed by atoms with Crippen LogP contribution in [0.5, 0.6) is 5.75 Å². The van der Waals surface area contributed by atoms with Crippen LogP contribution in [0.1, 0.15) is 24.0 Å². The largest absolute Gasteiger partial charge is 0.493 e. The second-order valence-electron chi connectivity index (χ2n) is 6.37. The van der Waals surface area contributed by atoms with Crippen LogP contribution in [0.4, 0.5) is 4.39 Å². The number of β-amino-alcohol motifs (C(OH)–C–C–N with tert-alkyl or cyclic N) is 1. The molecule has 1 aliphatic heterocycles. The van der Waals surface area contributed by atoms with Gasteiger partial charge in [0.15, 0.2) is 0 Å². The van der Waals surface area contributed by atoms with E-state index >= 15 is 0 Å². The summed E-state index contributed by atoms with van der Waals surface area (Å²) < 4.78 is 19.5. The average Bonchev–Trinajstić information content (AvgIpc) is 3.01. The fourth-order valence-corrected chi connectivity index (χ4v) is 3.14. The van der Waals surface area contributed by atoms with Crippen molar-refractivity contribution < 1.29 is 14.2 Å². The first-order chi connectivity index (χ1) is 11.7. The predicted molar refractivity (Wildman–Crippen MR) is 92.8 cm³/mol. The maximum atomic E-state index is 13.6. The van der Waals surface area contributed by atoms with Crippen LogP contribution < -0.4 is 10.1 Å². The SMILES string of the molecule is O[C@H]1CN[C@H](CCOc2ccc(F)cc2CCc2ccccc2)C1. The summed E-state index contributed by atoms with van der Waals surface area (Å²) in [5, 5.41) is 12.8. The van der Waals surface area contributed by atoms with Crippen LogP contribution in [0.3, 0.4) is 0 Å². The minimum Gasteiger partial charge on any atom is -0.493 e. The molecule has 2 aromatic rings. The monoisotopic (exact) mass is 329 g/mol. The molecule has 0 amide bonds. The molecule has 1 fully saturated rings. The van der Waals surface area contributed by atoms with E-state index in [1.807, 2.05) is 18.2 Å². The predicted octanol–water partition coefficient (Wildman–Crippen LogP) is 3.10. The maximum Gasteiger partial charge on any atom is 0.123 e. The van der Waals surface area contributed by atoms with Crippen LogP contribution in [-0.2, 0) is 12.8 Å². The lowest BCUT2D eigenvalue weighted by molar-refractivity contribution is 0.191. The molecule has 128 valence electrons. The minimum absolute atomic E-state index is 0.231. The Morgan fingerprint density at radius 3 is 2.71 bits per heavy atom. The Hall–Kier alpha value is -1.91. The molecule has 0 aliphatic carbocycles. The van der Waals surface area contributed by atoms with Crippen LogP contribution in [-0.4, -0.2) is 30.4 Å². The van der Waals surface area contributed by atoms with Gasteiger partial charge in [0.2, 0.25) is 0 Å². The summed E-state index contributed by atoms with van der Waals surface area (Å²) in [7, 11) is 0. The summed E-state index contributed by atoms with van der Waals surface area (Å²) in [6.07, 6.45) is 2.97. The molecular formula is C20H24FNO2. The quantitative estimate of drug-likeness (QED) is 0.820. The number of benzene rings is 2. The molecule has 0 spiro atoms. The van der Waals surface area contributed by atoms with Crippen LogP contribution >= 0.6 is 0 Å². The van der Waals surface area contributed by atoms with E-state index in [1.165, 1.54) is 11.6 Å². The van der Waals surface area contributed by atoms with Crippen molar-refractivity contribution >= 4 is 0 Å². The molecule has 0 unspecified atom stereocenters. The fraction of sp³-hybridized carbons (Fsp3) is 0.400. The highest BCUT2D eigenvalue weighted by molar-refractivity contribution is 5.35. The number of rotatable bonds is 7. The molecule has 3 nitrogen and oxygen atoms in total. The molecule has 1 aliphatic rings. The molecule has 24 heavy (non-hydrogen) atoms. The van der Waals surface area contributed by atoms with E-state index in [2.05, 4.69) is 17.4 Å². The molecule has 0 saturated carbocycles. The second-order valence-corrected chi connectivity index (χ2v) is 6.37. The summed E-state index contributed by atoms with van der Waals surface area (Å²) >= 11 is 0. The zero-order valence-corrected chi connectivity index (χ0v) is 13.7. The number of hydrogen-bond acceptors (Lipinski definition) is 3. The molecule has 1 heterocycles. The van der Waals surface area contributed by atoms with Crippen molar-refractivity contribution in [2.75, 3.05) is 13.2 Å². The van der Waals surface area contributed by atoms with Gasteiger partial charge in [0.05, 0.1) is 12.7 Å². The number of aliphatic hydroxyl groups is 1. The van der Waals surface area contributed by atoms with Crippen LogP contribution in [0.2, 0.25) is 0 Å². The highest BCUT2D eigenvalue weighted by Crippen LogP contribution is 2.22. The van der Waals surface area contributed by atoms with Gasteiger partial charge in [0, 0.05) is 12.6 Å². The normalized spacial score (nSPS) is 20.2. The van der Waals surface area contributed by atoms with Crippen molar-refractivity contribution in [1.29, 1.82) is 0 Å². The molecule has 0 bridgehead atoms. The lowest BCUT2D eigenvalue weighted by atomic mass is 10.0. The van der Waals surface area contributed by atoms with Gasteiger partial charge in [-0.05, 0) is 55.0 Å². The van der Waals surface area contributed by atoms with Crippen LogP contribution in [0.25, 0.3) is 0 Å². The van der Waals surface area contributed by atoms with E-state index in [0.717, 1.165) is 37.0 Å². The Morgan fingerprint density at radius 2 is 1.96 bits per heavy atom. The topological polar surface area (TPSA) is 41.5 Å². The number of aliphatic hydroxyl groups excluding tert-OH is 1. The van der Waals surface area contributed by atoms with E-state index in [1.54, 1.807) is 12.1 Å². The first-order valence-electron chi connectivity index (χ1n) is 8.57. The van der Waals surface area contributed by atoms with Gasteiger partial charge in [-0.15, -0.1) is 0 Å². The van der Waals surface area contributed by atoms with Gasteiger partial charge in [-0.1, -0.05) is 30.3 Å². The van der Waals surface area contributed by atoms with Crippen LogP contribution in [0, 0.1) is 5.82 Å². The Labute approximate surface area is 142 Å². The standard InChI is InChI=1S/C20H24FNO2/c21-17-8-9-20(24-11-10-18-13-19(23)14-22-18)16(12-17)7-6-15-4-2-1-3-5-15/h1-5,8-9,12,18-19,22-23H,6-7,10-11,13-14H2/t18-,19-/m1/s1. The van der Waals surface area contributed by atoms with Crippen molar-refractivity contribution in [2.24, 2.45) is 0 Å². The first kappa shape index (κ1) is 16.9. The maximum absolute atomic E-state index is 13.6. The summed E-state index contributed by atoms with van der Waals surface area (Å²) in [5.41, 5.74) is 2.13. The Morgan fingerprint density at radius 1 is 1.12 bits per heavy atom. The van der Waals surface area contributed by atoms with E-state index < -0.39 is 0 Å². The summed E-state index contributed by atoms with van der Waals surface area (Å²) in [5.74, 6) is 0.525. The number of ether oxygens (including phenoxy) is 1. The van der Waals surface area contributed by atoms with Crippen molar-refractivity contribution in [2.45, 2.75) is 37.8 Å². The summed E-state index contributed by atoms with van der Waals surface area (Å²) in [4.78, 5) is 0. The number of halogens is 1. The molecular weight excluding hydrogens is 305 g/mol. The zero-order chi connectivity index (χ0) is 16.8. The third kappa shape index (κ3) is 4.79. The molecule has 2 atom stereocenters. The Kier molecular flexibility index (Phi) is 5.83. The average molecular weight is 329 g/mol. The molecule has 0 aromatic heterocycles.